The molecule has 3 aliphatic rings. The minimum atomic E-state index is -0.645. The van der Waals surface area contributed by atoms with E-state index in [9.17, 15) is 9.59 Å². The van der Waals surface area contributed by atoms with Gasteiger partial charge in [0.1, 0.15) is 18.1 Å². The Bertz CT molecular complexity index is 1390. The number of ether oxygens (including phenoxy) is 4. The molecule has 0 unspecified atom stereocenters. The molecule has 1 amide bonds. The average molecular weight is 593 g/mol. The molecule has 11 heteroatoms. The van der Waals surface area contributed by atoms with E-state index in [1.165, 1.54) is 11.8 Å². The molecule has 2 aromatic carbocycles. The lowest BCUT2D eigenvalue weighted by molar-refractivity contribution is -0.141. The number of methoxy groups -OCH3 is 2. The summed E-state index contributed by atoms with van der Waals surface area (Å²) < 4.78 is 22.5. The van der Waals surface area contributed by atoms with Crippen molar-refractivity contribution in [3.8, 4) is 11.5 Å². The summed E-state index contributed by atoms with van der Waals surface area (Å²) in [7, 11) is 3.18. The Morgan fingerprint density at radius 1 is 1.10 bits per heavy atom. The van der Waals surface area contributed by atoms with Gasteiger partial charge in [-0.2, -0.15) is 0 Å². The monoisotopic (exact) mass is 592 g/mol. The van der Waals surface area contributed by atoms with Gasteiger partial charge in [0.15, 0.2) is 5.17 Å². The highest BCUT2D eigenvalue weighted by atomic mass is 32.2. The number of carbonyl (C=O) groups is 2. The van der Waals surface area contributed by atoms with Crippen molar-refractivity contribution in [2.75, 3.05) is 53.6 Å². The van der Waals surface area contributed by atoms with Crippen molar-refractivity contribution < 1.29 is 28.5 Å². The van der Waals surface area contributed by atoms with E-state index in [0.29, 0.717) is 53.3 Å². The molecule has 0 aliphatic carbocycles. The van der Waals surface area contributed by atoms with Gasteiger partial charge in [-0.3, -0.25) is 9.69 Å². The Morgan fingerprint density at radius 3 is 2.62 bits per heavy atom. The number of amides is 1. The number of nitrogens with one attached hydrogen (secondary N) is 1. The van der Waals surface area contributed by atoms with Gasteiger partial charge in [0.05, 0.1) is 51.2 Å². The molecule has 5 rings (SSSR count). The van der Waals surface area contributed by atoms with E-state index >= 15 is 0 Å². The number of carbonyl (C=O) groups excluding carboxylic acids is 2. The van der Waals surface area contributed by atoms with Crippen LogP contribution in [0.4, 0.5) is 0 Å². The average Bonchev–Trinajstić information content (AvgIpc) is 3.41. The first-order chi connectivity index (χ1) is 20.5. The van der Waals surface area contributed by atoms with Gasteiger partial charge in [0.2, 0.25) is 5.91 Å². The molecule has 42 heavy (non-hydrogen) atoms. The fourth-order valence-electron chi connectivity index (χ4n) is 5.18. The third kappa shape index (κ3) is 6.80. The van der Waals surface area contributed by atoms with E-state index < -0.39 is 12.0 Å². The lowest BCUT2D eigenvalue weighted by atomic mass is 9.92. The minimum absolute atomic E-state index is 0.104. The van der Waals surface area contributed by atoms with E-state index in [4.69, 9.17) is 23.9 Å². The summed E-state index contributed by atoms with van der Waals surface area (Å²) in [5, 5.41) is 5.64. The molecule has 1 atom stereocenters. The number of nitrogens with zero attached hydrogens (tertiary/aromatic N) is 3. The number of amidine groups is 1. The molecule has 222 valence electrons. The molecule has 0 bridgehead atoms. The van der Waals surface area contributed by atoms with Gasteiger partial charge < -0.3 is 29.2 Å². The zero-order chi connectivity index (χ0) is 29.5. The SMILES string of the molecule is COc1ccc(OC)c([C@@H]2C(C(=O)OCc3ccccc3)=C(C)N=C3SC=C(CC(=O)NCCN4CCOCC4)N32)c1. The van der Waals surface area contributed by atoms with Crippen LogP contribution in [0.5, 0.6) is 11.5 Å². The van der Waals surface area contributed by atoms with Crippen LogP contribution in [0.1, 0.15) is 30.5 Å². The highest BCUT2D eigenvalue weighted by Crippen LogP contribution is 2.47. The van der Waals surface area contributed by atoms with Crippen LogP contribution in [0.2, 0.25) is 0 Å². The number of hydrogen-bond donors (Lipinski definition) is 1. The van der Waals surface area contributed by atoms with Crippen LogP contribution in [-0.2, 0) is 25.7 Å². The number of rotatable bonds is 11. The second-order valence-electron chi connectivity index (χ2n) is 10.0. The van der Waals surface area contributed by atoms with Crippen molar-refractivity contribution in [2.24, 2.45) is 4.99 Å². The molecule has 1 saturated heterocycles. The first kappa shape index (κ1) is 29.7. The van der Waals surface area contributed by atoms with Crippen LogP contribution in [0.3, 0.4) is 0 Å². The Labute approximate surface area is 250 Å². The Kier molecular flexibility index (Phi) is 9.83. The van der Waals surface area contributed by atoms with E-state index in [1.807, 2.05) is 58.8 Å². The van der Waals surface area contributed by atoms with E-state index in [0.717, 1.165) is 30.9 Å². The lowest BCUT2D eigenvalue weighted by Gasteiger charge is -2.37. The van der Waals surface area contributed by atoms with Crippen LogP contribution >= 0.6 is 11.8 Å². The van der Waals surface area contributed by atoms with E-state index in [2.05, 4.69) is 10.2 Å². The lowest BCUT2D eigenvalue weighted by Crippen LogP contribution is -2.42. The third-order valence-corrected chi connectivity index (χ3v) is 8.25. The minimum Gasteiger partial charge on any atom is -0.497 e. The third-order valence-electron chi connectivity index (χ3n) is 7.36. The van der Waals surface area contributed by atoms with Crippen LogP contribution in [0.15, 0.2) is 75.9 Å². The molecular weight excluding hydrogens is 556 g/mol. The van der Waals surface area contributed by atoms with Gasteiger partial charge in [0.25, 0.3) is 0 Å². The number of aliphatic imine (C=N–C) groups is 1. The number of allylic oxidation sites excluding steroid dienone is 1. The number of fused-ring (bicyclic) bond motifs is 1. The Morgan fingerprint density at radius 2 is 1.88 bits per heavy atom. The van der Waals surface area contributed by atoms with Crippen LogP contribution in [0, 0.1) is 0 Å². The number of hydrogen-bond acceptors (Lipinski definition) is 10. The second kappa shape index (κ2) is 13.9. The first-order valence-electron chi connectivity index (χ1n) is 13.9. The predicted molar refractivity (Wildman–Crippen MR) is 161 cm³/mol. The van der Waals surface area contributed by atoms with Crippen LogP contribution in [-0.4, -0.2) is 80.5 Å². The molecule has 3 heterocycles. The summed E-state index contributed by atoms with van der Waals surface area (Å²) >= 11 is 1.43. The van der Waals surface area contributed by atoms with Crippen molar-refractivity contribution in [2.45, 2.75) is 26.0 Å². The van der Waals surface area contributed by atoms with Crippen molar-refractivity contribution >= 4 is 28.8 Å². The smallest absolute Gasteiger partial charge is 0.338 e. The van der Waals surface area contributed by atoms with Crippen molar-refractivity contribution in [3.05, 3.63) is 82.0 Å². The summed E-state index contributed by atoms with van der Waals surface area (Å²) in [4.78, 5) is 35.8. The standard InChI is InChI=1S/C31H36N4O6S/c1-21-28(30(37)41-19-22-7-5-4-6-8-22)29(25-18-24(38-2)9-10-26(25)39-3)35-23(20-42-31(35)33-21)17-27(36)32-11-12-34-13-15-40-16-14-34/h4-10,18,20,29H,11-17,19H2,1-3H3,(H,32,36)/t29-/m1/s1. The molecule has 3 aliphatic heterocycles. The number of esters is 1. The number of benzene rings is 2. The molecule has 0 aromatic heterocycles. The maximum absolute atomic E-state index is 13.8. The largest absolute Gasteiger partial charge is 0.497 e. The maximum atomic E-state index is 13.8. The first-order valence-corrected chi connectivity index (χ1v) is 14.8. The summed E-state index contributed by atoms with van der Waals surface area (Å²) in [5.74, 6) is 0.601. The molecular formula is C31H36N4O6S. The summed E-state index contributed by atoms with van der Waals surface area (Å²) in [5.41, 5.74) is 3.24. The maximum Gasteiger partial charge on any atom is 0.338 e. The van der Waals surface area contributed by atoms with Gasteiger partial charge in [-0.1, -0.05) is 42.1 Å². The van der Waals surface area contributed by atoms with Gasteiger partial charge in [-0.05, 0) is 36.1 Å². The highest BCUT2D eigenvalue weighted by Gasteiger charge is 2.42. The van der Waals surface area contributed by atoms with Crippen molar-refractivity contribution in [1.82, 2.24) is 15.1 Å². The molecule has 0 spiro atoms. The van der Waals surface area contributed by atoms with Gasteiger partial charge in [-0.15, -0.1) is 0 Å². The summed E-state index contributed by atoms with van der Waals surface area (Å²) in [6.07, 6.45) is 0.128. The zero-order valence-corrected chi connectivity index (χ0v) is 24.9. The Balaban J connectivity index is 1.41. The van der Waals surface area contributed by atoms with Crippen molar-refractivity contribution in [3.63, 3.8) is 0 Å². The number of morpholine rings is 1. The van der Waals surface area contributed by atoms with Gasteiger partial charge >= 0.3 is 5.97 Å². The molecule has 1 fully saturated rings. The predicted octanol–water partition coefficient (Wildman–Crippen LogP) is 3.86. The van der Waals surface area contributed by atoms with E-state index in [1.54, 1.807) is 21.1 Å². The topological polar surface area (TPSA) is 102 Å². The molecule has 1 N–H and O–H groups in total. The second-order valence-corrected chi connectivity index (χ2v) is 10.9. The fourth-order valence-corrected chi connectivity index (χ4v) is 6.15. The van der Waals surface area contributed by atoms with Crippen LogP contribution < -0.4 is 14.8 Å². The van der Waals surface area contributed by atoms with E-state index in [-0.39, 0.29) is 18.9 Å². The zero-order valence-electron chi connectivity index (χ0n) is 24.1. The fraction of sp³-hybridized carbons (Fsp3) is 0.387. The number of thioether (sulfide) groups is 1. The summed E-state index contributed by atoms with van der Waals surface area (Å²) in [6.45, 7) is 6.40. The van der Waals surface area contributed by atoms with Gasteiger partial charge in [0, 0.05) is 37.4 Å². The summed E-state index contributed by atoms with van der Waals surface area (Å²) in [6, 6.07) is 14.4. The molecule has 2 aromatic rings. The van der Waals surface area contributed by atoms with Crippen LogP contribution in [0.25, 0.3) is 0 Å². The Hall–Kier alpha value is -3.80. The van der Waals surface area contributed by atoms with Crippen molar-refractivity contribution in [1.29, 1.82) is 0 Å². The molecule has 0 saturated carbocycles. The quantitative estimate of drug-likeness (QED) is 0.390. The molecule has 10 nitrogen and oxygen atoms in total. The molecule has 0 radical (unpaired) electrons. The van der Waals surface area contributed by atoms with Gasteiger partial charge in [-0.25, -0.2) is 9.79 Å². The highest BCUT2D eigenvalue weighted by molar-refractivity contribution is 8.16. The normalized spacial score (nSPS) is 18.6.